The highest BCUT2D eigenvalue weighted by atomic mass is 16.4. The minimum absolute atomic E-state index is 0.0269. The topological polar surface area (TPSA) is 71.3 Å². The van der Waals surface area contributed by atoms with E-state index in [0.29, 0.717) is 25.0 Å². The molecule has 6 nitrogen and oxygen atoms in total. The van der Waals surface area contributed by atoms with Gasteiger partial charge in [0.25, 0.3) is 0 Å². The lowest BCUT2D eigenvalue weighted by molar-refractivity contribution is -0.124. The van der Waals surface area contributed by atoms with E-state index < -0.39 is 0 Å². The molecule has 1 aliphatic heterocycles. The number of nitrogens with one attached hydrogen (secondary N) is 1. The summed E-state index contributed by atoms with van der Waals surface area (Å²) in [7, 11) is 0. The second kappa shape index (κ2) is 5.95. The molecule has 0 radical (unpaired) electrons. The van der Waals surface area contributed by atoms with Gasteiger partial charge in [-0.3, -0.25) is 4.79 Å². The Morgan fingerprint density at radius 2 is 2.19 bits per heavy atom. The zero-order chi connectivity index (χ0) is 14.7. The van der Waals surface area contributed by atoms with Crippen LogP contribution in [0.1, 0.15) is 17.9 Å². The maximum atomic E-state index is 12.2. The van der Waals surface area contributed by atoms with Crippen LogP contribution in [0.4, 0.5) is 6.01 Å². The van der Waals surface area contributed by atoms with Gasteiger partial charge < -0.3 is 14.6 Å². The van der Waals surface area contributed by atoms with E-state index in [4.69, 9.17) is 4.42 Å². The van der Waals surface area contributed by atoms with Crippen LogP contribution in [0.25, 0.3) is 0 Å². The van der Waals surface area contributed by atoms with Crippen LogP contribution >= 0.6 is 0 Å². The van der Waals surface area contributed by atoms with Crippen molar-refractivity contribution in [2.75, 3.05) is 18.0 Å². The number of carbonyl (C=O) groups excluding carboxylic acids is 1. The summed E-state index contributed by atoms with van der Waals surface area (Å²) < 4.78 is 5.40. The summed E-state index contributed by atoms with van der Waals surface area (Å²) in [6, 6.07) is 10.4. The predicted molar refractivity (Wildman–Crippen MR) is 77.6 cm³/mol. The van der Waals surface area contributed by atoms with Crippen LogP contribution in [0, 0.1) is 12.8 Å². The van der Waals surface area contributed by atoms with Crippen LogP contribution in [0.5, 0.6) is 0 Å². The molecule has 6 heteroatoms. The van der Waals surface area contributed by atoms with Gasteiger partial charge in [-0.05, 0) is 12.0 Å². The Morgan fingerprint density at radius 3 is 2.90 bits per heavy atom. The average molecular weight is 286 g/mol. The first-order valence-corrected chi connectivity index (χ1v) is 7.09. The molecule has 1 fully saturated rings. The number of hydrogen-bond acceptors (Lipinski definition) is 5. The zero-order valence-electron chi connectivity index (χ0n) is 12.0. The van der Waals surface area contributed by atoms with Crippen molar-refractivity contribution in [3.8, 4) is 0 Å². The molecule has 1 amide bonds. The summed E-state index contributed by atoms with van der Waals surface area (Å²) >= 11 is 0. The Labute approximate surface area is 123 Å². The van der Waals surface area contributed by atoms with Crippen LogP contribution in [-0.2, 0) is 11.3 Å². The van der Waals surface area contributed by atoms with Gasteiger partial charge >= 0.3 is 6.01 Å². The van der Waals surface area contributed by atoms with Gasteiger partial charge in [0.1, 0.15) is 0 Å². The molecule has 1 saturated heterocycles. The van der Waals surface area contributed by atoms with Gasteiger partial charge in [0.2, 0.25) is 11.8 Å². The van der Waals surface area contributed by atoms with Crippen molar-refractivity contribution in [3.63, 3.8) is 0 Å². The van der Waals surface area contributed by atoms with Gasteiger partial charge in [-0.2, -0.15) is 0 Å². The van der Waals surface area contributed by atoms with Gasteiger partial charge in [0.05, 0.1) is 5.92 Å². The molecule has 2 aromatic rings. The Morgan fingerprint density at radius 1 is 1.38 bits per heavy atom. The fourth-order valence-electron chi connectivity index (χ4n) is 2.49. The van der Waals surface area contributed by atoms with E-state index in [2.05, 4.69) is 15.5 Å². The Kier molecular flexibility index (Phi) is 3.85. The first-order chi connectivity index (χ1) is 10.2. The van der Waals surface area contributed by atoms with E-state index in [9.17, 15) is 4.79 Å². The summed E-state index contributed by atoms with van der Waals surface area (Å²) in [6.07, 6.45) is 0.808. The molecule has 1 N–H and O–H groups in total. The van der Waals surface area contributed by atoms with Gasteiger partial charge in [0, 0.05) is 26.6 Å². The van der Waals surface area contributed by atoms with Gasteiger partial charge in [-0.25, -0.2) is 0 Å². The lowest BCUT2D eigenvalue weighted by Crippen LogP contribution is -2.32. The fourth-order valence-corrected chi connectivity index (χ4v) is 2.49. The van der Waals surface area contributed by atoms with Gasteiger partial charge in [0.15, 0.2) is 0 Å². The van der Waals surface area contributed by atoms with Crippen molar-refractivity contribution < 1.29 is 9.21 Å². The molecule has 0 bridgehead atoms. The van der Waals surface area contributed by atoms with Crippen molar-refractivity contribution in [2.45, 2.75) is 19.9 Å². The standard InChI is InChI=1S/C15H18N4O2/c1-11-17-18-15(21-11)19-8-7-13(10-19)14(20)16-9-12-5-3-2-4-6-12/h2-6,13H,7-10H2,1H3,(H,16,20)/t13-/m0/s1. The predicted octanol–water partition coefficient (Wildman–Crippen LogP) is 1.52. The Hall–Kier alpha value is -2.37. The normalized spacial score (nSPS) is 18.0. The number of nitrogens with zero attached hydrogens (tertiary/aromatic N) is 3. The van der Waals surface area contributed by atoms with Crippen molar-refractivity contribution in [1.82, 2.24) is 15.5 Å². The van der Waals surface area contributed by atoms with Gasteiger partial charge in [-0.15, -0.1) is 5.10 Å². The molecule has 110 valence electrons. The number of aryl methyl sites for hydroxylation is 1. The molecule has 0 spiro atoms. The van der Waals surface area contributed by atoms with E-state index in [0.717, 1.165) is 18.5 Å². The Bertz CT molecular complexity index is 611. The van der Waals surface area contributed by atoms with Crippen molar-refractivity contribution >= 4 is 11.9 Å². The van der Waals surface area contributed by atoms with Crippen LogP contribution < -0.4 is 10.2 Å². The van der Waals surface area contributed by atoms with Crippen LogP contribution in [0.3, 0.4) is 0 Å². The van der Waals surface area contributed by atoms with Gasteiger partial charge in [-0.1, -0.05) is 35.4 Å². The third-order valence-corrected chi connectivity index (χ3v) is 3.65. The highest BCUT2D eigenvalue weighted by Gasteiger charge is 2.30. The smallest absolute Gasteiger partial charge is 0.318 e. The molecule has 21 heavy (non-hydrogen) atoms. The second-order valence-electron chi connectivity index (χ2n) is 5.24. The van der Waals surface area contributed by atoms with E-state index in [1.165, 1.54) is 0 Å². The molecular formula is C15H18N4O2. The van der Waals surface area contributed by atoms with E-state index in [1.54, 1.807) is 6.92 Å². The number of amides is 1. The number of aromatic nitrogens is 2. The number of anilines is 1. The largest absolute Gasteiger partial charge is 0.408 e. The number of hydrogen-bond donors (Lipinski definition) is 1. The average Bonchev–Trinajstić information content (AvgIpc) is 3.14. The minimum Gasteiger partial charge on any atom is -0.408 e. The molecule has 2 heterocycles. The third kappa shape index (κ3) is 3.21. The summed E-state index contributed by atoms with van der Waals surface area (Å²) in [5.41, 5.74) is 1.10. The van der Waals surface area contributed by atoms with E-state index in [1.807, 2.05) is 35.2 Å². The summed E-state index contributed by atoms with van der Waals surface area (Å²) in [4.78, 5) is 14.2. The molecule has 1 aliphatic rings. The molecule has 0 aliphatic carbocycles. The monoisotopic (exact) mass is 286 g/mol. The van der Waals surface area contributed by atoms with E-state index >= 15 is 0 Å². The first kappa shape index (κ1) is 13.6. The molecular weight excluding hydrogens is 268 g/mol. The molecule has 1 atom stereocenters. The number of benzene rings is 1. The van der Waals surface area contributed by atoms with Crippen LogP contribution in [0.2, 0.25) is 0 Å². The summed E-state index contributed by atoms with van der Waals surface area (Å²) in [6.45, 7) is 3.72. The fraction of sp³-hybridized carbons (Fsp3) is 0.400. The highest BCUT2D eigenvalue weighted by Crippen LogP contribution is 2.22. The Balaban J connectivity index is 1.52. The molecule has 3 rings (SSSR count). The quantitative estimate of drug-likeness (QED) is 0.922. The summed E-state index contributed by atoms with van der Waals surface area (Å²) in [5.74, 6) is 0.598. The second-order valence-corrected chi connectivity index (χ2v) is 5.24. The molecule has 1 aromatic carbocycles. The molecule has 0 unspecified atom stereocenters. The van der Waals surface area contributed by atoms with Crippen molar-refractivity contribution in [3.05, 3.63) is 41.8 Å². The maximum absolute atomic E-state index is 12.2. The minimum atomic E-state index is -0.0269. The van der Waals surface area contributed by atoms with Crippen LogP contribution in [0.15, 0.2) is 34.7 Å². The van der Waals surface area contributed by atoms with Crippen molar-refractivity contribution in [1.29, 1.82) is 0 Å². The molecule has 1 aromatic heterocycles. The first-order valence-electron chi connectivity index (χ1n) is 7.09. The van der Waals surface area contributed by atoms with E-state index in [-0.39, 0.29) is 11.8 Å². The number of rotatable bonds is 4. The van der Waals surface area contributed by atoms with Crippen molar-refractivity contribution in [2.24, 2.45) is 5.92 Å². The lowest BCUT2D eigenvalue weighted by atomic mass is 10.1. The number of carbonyl (C=O) groups is 1. The highest BCUT2D eigenvalue weighted by molar-refractivity contribution is 5.79. The summed E-state index contributed by atoms with van der Waals surface area (Å²) in [5, 5.41) is 10.8. The zero-order valence-corrected chi connectivity index (χ0v) is 12.0. The SMILES string of the molecule is Cc1nnc(N2CC[C@H](C(=O)NCc3ccccc3)C2)o1. The maximum Gasteiger partial charge on any atom is 0.318 e. The lowest BCUT2D eigenvalue weighted by Gasteiger charge is -2.13. The van der Waals surface area contributed by atoms with Crippen LogP contribution in [-0.4, -0.2) is 29.2 Å². The molecule has 0 saturated carbocycles. The third-order valence-electron chi connectivity index (χ3n) is 3.65.